The van der Waals surface area contributed by atoms with Crippen molar-refractivity contribution in [1.29, 1.82) is 0 Å². The van der Waals surface area contributed by atoms with Crippen LogP contribution in [-0.4, -0.2) is 34.9 Å². The fraction of sp³-hybridized carbons (Fsp3) is 0.273. The van der Waals surface area contributed by atoms with Gasteiger partial charge in [0.15, 0.2) is 0 Å². The third kappa shape index (κ3) is 4.56. The molecule has 2 heterocycles. The van der Waals surface area contributed by atoms with Gasteiger partial charge < -0.3 is 10.0 Å². The number of carbonyl (C=O) groups is 1. The van der Waals surface area contributed by atoms with Gasteiger partial charge in [-0.05, 0) is 55.2 Å². The van der Waals surface area contributed by atoms with Gasteiger partial charge in [-0.3, -0.25) is 4.79 Å². The maximum absolute atomic E-state index is 11.1. The van der Waals surface area contributed by atoms with Crippen LogP contribution >= 0.6 is 23.1 Å². The average Bonchev–Trinajstić information content (AvgIpc) is 3.16. The molecule has 3 aromatic rings. The lowest BCUT2D eigenvalue weighted by molar-refractivity contribution is -0.133. The molecule has 1 aliphatic rings. The van der Waals surface area contributed by atoms with Crippen LogP contribution in [-0.2, 0) is 4.79 Å². The van der Waals surface area contributed by atoms with E-state index in [1.807, 2.05) is 30.3 Å². The number of thioether (sulfide) groups is 1. The van der Waals surface area contributed by atoms with Crippen LogP contribution in [0.25, 0.3) is 21.2 Å². The number of para-hydroxylation sites is 1. The highest BCUT2D eigenvalue weighted by atomic mass is 32.2. The van der Waals surface area contributed by atoms with Crippen LogP contribution in [0.3, 0.4) is 0 Å². The molecule has 0 aliphatic carbocycles. The van der Waals surface area contributed by atoms with E-state index in [0.29, 0.717) is 0 Å². The van der Waals surface area contributed by atoms with Gasteiger partial charge in [0.1, 0.15) is 5.01 Å². The molecule has 4 nitrogen and oxygen atoms in total. The quantitative estimate of drug-likeness (QED) is 0.573. The largest absolute Gasteiger partial charge is 0.481 e. The van der Waals surface area contributed by atoms with E-state index in [2.05, 4.69) is 29.2 Å². The second-order valence-electron chi connectivity index (χ2n) is 6.82. The molecular weight excluding hydrogens is 388 g/mol. The van der Waals surface area contributed by atoms with Crippen molar-refractivity contribution < 1.29 is 9.90 Å². The molecule has 0 bridgehead atoms. The Kier molecular flexibility index (Phi) is 5.98. The number of piperidine rings is 1. The highest BCUT2D eigenvalue weighted by Crippen LogP contribution is 2.35. The van der Waals surface area contributed by atoms with E-state index < -0.39 is 5.97 Å². The number of aliphatic carboxylic acids is 1. The summed E-state index contributed by atoms with van der Waals surface area (Å²) in [6.45, 7) is 2.25. The summed E-state index contributed by atoms with van der Waals surface area (Å²) in [6, 6.07) is 16.5. The highest BCUT2D eigenvalue weighted by molar-refractivity contribution is 8.09. The number of anilines is 1. The van der Waals surface area contributed by atoms with Crippen molar-refractivity contribution in [2.24, 2.45) is 0 Å². The molecule has 1 saturated heterocycles. The standard InChI is InChI=1S/C22H22N2O2S2/c25-21(26)15-27-20(22-23-18-6-2-3-7-19(18)28-22)14-16-8-10-17(11-9-16)24-12-4-1-5-13-24/h2-3,6-11,14H,1,4-5,12-13,15H2,(H,25,26)/b20-14-. The number of nitrogens with zero attached hydrogens (tertiary/aromatic N) is 2. The van der Waals surface area contributed by atoms with Crippen LogP contribution in [0.1, 0.15) is 29.8 Å². The predicted molar refractivity (Wildman–Crippen MR) is 120 cm³/mol. The molecule has 1 aliphatic heterocycles. The molecular formula is C22H22N2O2S2. The maximum Gasteiger partial charge on any atom is 0.313 e. The Bertz CT molecular complexity index is 956. The van der Waals surface area contributed by atoms with Crippen molar-refractivity contribution >= 4 is 56.0 Å². The van der Waals surface area contributed by atoms with Crippen molar-refractivity contribution in [3.8, 4) is 0 Å². The molecule has 1 aromatic heterocycles. The number of hydrogen-bond donors (Lipinski definition) is 1. The van der Waals surface area contributed by atoms with Crippen LogP contribution in [0, 0.1) is 0 Å². The smallest absolute Gasteiger partial charge is 0.313 e. The van der Waals surface area contributed by atoms with E-state index in [-0.39, 0.29) is 5.75 Å². The molecule has 6 heteroatoms. The summed E-state index contributed by atoms with van der Waals surface area (Å²) in [4.78, 5) is 19.1. The lowest BCUT2D eigenvalue weighted by Gasteiger charge is -2.28. The lowest BCUT2D eigenvalue weighted by Crippen LogP contribution is -2.29. The summed E-state index contributed by atoms with van der Waals surface area (Å²) in [5, 5.41) is 9.99. The molecule has 0 radical (unpaired) electrons. The Labute approximate surface area is 172 Å². The van der Waals surface area contributed by atoms with E-state index in [9.17, 15) is 4.79 Å². The summed E-state index contributed by atoms with van der Waals surface area (Å²) < 4.78 is 1.11. The first-order chi connectivity index (χ1) is 13.7. The topological polar surface area (TPSA) is 53.4 Å². The monoisotopic (exact) mass is 410 g/mol. The van der Waals surface area contributed by atoms with Crippen LogP contribution in [0.15, 0.2) is 48.5 Å². The Morgan fingerprint density at radius 3 is 2.57 bits per heavy atom. The number of carboxylic acid groups (broad SMARTS) is 1. The van der Waals surface area contributed by atoms with Gasteiger partial charge in [0.05, 0.1) is 16.0 Å². The summed E-state index contributed by atoms with van der Waals surface area (Å²) in [5.74, 6) is -0.800. The molecule has 144 valence electrons. The number of benzene rings is 2. The van der Waals surface area contributed by atoms with E-state index >= 15 is 0 Å². The van der Waals surface area contributed by atoms with E-state index in [1.165, 1.54) is 36.7 Å². The molecule has 0 unspecified atom stereocenters. The molecule has 0 spiro atoms. The first kappa shape index (κ1) is 19.0. The first-order valence-electron chi connectivity index (χ1n) is 9.46. The van der Waals surface area contributed by atoms with Gasteiger partial charge in [-0.25, -0.2) is 4.98 Å². The highest BCUT2D eigenvalue weighted by Gasteiger charge is 2.13. The number of thiazole rings is 1. The van der Waals surface area contributed by atoms with E-state index in [0.717, 1.165) is 38.8 Å². The molecule has 0 saturated carbocycles. The van der Waals surface area contributed by atoms with Crippen molar-refractivity contribution in [3.05, 3.63) is 59.1 Å². The van der Waals surface area contributed by atoms with Gasteiger partial charge in [0.2, 0.25) is 0 Å². The van der Waals surface area contributed by atoms with Crippen molar-refractivity contribution in [3.63, 3.8) is 0 Å². The van der Waals surface area contributed by atoms with Crippen LogP contribution < -0.4 is 4.90 Å². The number of rotatable bonds is 6. The predicted octanol–water partition coefficient (Wildman–Crippen LogP) is 5.60. The normalized spacial score (nSPS) is 15.1. The Hall–Kier alpha value is -2.31. The number of hydrogen-bond acceptors (Lipinski definition) is 5. The van der Waals surface area contributed by atoms with Crippen LogP contribution in [0.2, 0.25) is 0 Å². The Morgan fingerprint density at radius 2 is 1.86 bits per heavy atom. The van der Waals surface area contributed by atoms with Gasteiger partial charge in [-0.1, -0.05) is 24.3 Å². The van der Waals surface area contributed by atoms with Gasteiger partial charge in [0.25, 0.3) is 0 Å². The van der Waals surface area contributed by atoms with Crippen LogP contribution in [0.4, 0.5) is 5.69 Å². The number of aromatic nitrogens is 1. The summed E-state index contributed by atoms with van der Waals surface area (Å²) in [6.07, 6.45) is 5.89. The molecule has 1 N–H and O–H groups in total. The zero-order valence-electron chi connectivity index (χ0n) is 15.5. The second kappa shape index (κ2) is 8.80. The third-order valence-electron chi connectivity index (χ3n) is 4.77. The zero-order valence-corrected chi connectivity index (χ0v) is 17.1. The minimum absolute atomic E-state index is 0.0214. The van der Waals surface area contributed by atoms with E-state index in [1.54, 1.807) is 11.3 Å². The van der Waals surface area contributed by atoms with Crippen molar-refractivity contribution in [2.75, 3.05) is 23.7 Å². The minimum atomic E-state index is -0.822. The number of carboxylic acids is 1. The minimum Gasteiger partial charge on any atom is -0.481 e. The maximum atomic E-state index is 11.1. The molecule has 4 rings (SSSR count). The second-order valence-corrected chi connectivity index (χ2v) is 8.86. The fourth-order valence-electron chi connectivity index (χ4n) is 3.37. The van der Waals surface area contributed by atoms with Crippen molar-refractivity contribution in [1.82, 2.24) is 4.98 Å². The van der Waals surface area contributed by atoms with Gasteiger partial charge in [0, 0.05) is 23.7 Å². The SMILES string of the molecule is O=C(O)CS/C(=C\c1ccc(N2CCCCC2)cc1)c1nc2ccccc2s1. The van der Waals surface area contributed by atoms with Crippen LogP contribution in [0.5, 0.6) is 0 Å². The molecule has 28 heavy (non-hydrogen) atoms. The Balaban J connectivity index is 1.61. The molecule has 2 aromatic carbocycles. The van der Waals surface area contributed by atoms with E-state index in [4.69, 9.17) is 10.1 Å². The Morgan fingerprint density at radius 1 is 1.11 bits per heavy atom. The molecule has 0 atom stereocenters. The fourth-order valence-corrected chi connectivity index (χ4v) is 5.21. The summed E-state index contributed by atoms with van der Waals surface area (Å²) in [7, 11) is 0. The average molecular weight is 411 g/mol. The van der Waals surface area contributed by atoms with Gasteiger partial charge >= 0.3 is 5.97 Å². The number of fused-ring (bicyclic) bond motifs is 1. The summed E-state index contributed by atoms with van der Waals surface area (Å²) in [5.41, 5.74) is 3.27. The molecule has 0 amide bonds. The third-order valence-corrected chi connectivity index (χ3v) is 6.98. The van der Waals surface area contributed by atoms with Gasteiger partial charge in [-0.15, -0.1) is 23.1 Å². The zero-order chi connectivity index (χ0) is 19.3. The summed E-state index contributed by atoms with van der Waals surface area (Å²) >= 11 is 2.92. The van der Waals surface area contributed by atoms with Gasteiger partial charge in [-0.2, -0.15) is 0 Å². The van der Waals surface area contributed by atoms with Crippen molar-refractivity contribution in [2.45, 2.75) is 19.3 Å². The molecule has 1 fully saturated rings. The first-order valence-corrected chi connectivity index (χ1v) is 11.3. The lowest BCUT2D eigenvalue weighted by atomic mass is 10.1.